The van der Waals surface area contributed by atoms with E-state index in [0.717, 1.165) is 70.2 Å². The third-order valence-electron chi connectivity index (χ3n) is 6.34. The van der Waals surface area contributed by atoms with Crippen LogP contribution >= 0.6 is 0 Å². The highest BCUT2D eigenvalue weighted by Gasteiger charge is 2.43. The van der Waals surface area contributed by atoms with Crippen molar-refractivity contribution in [2.24, 2.45) is 0 Å². The van der Waals surface area contributed by atoms with Gasteiger partial charge in [0.2, 0.25) is 15.9 Å². The van der Waals surface area contributed by atoms with Crippen LogP contribution in [-0.2, 0) is 20.2 Å². The Hall–Kier alpha value is -1.60. The molecule has 0 atom stereocenters. The summed E-state index contributed by atoms with van der Waals surface area (Å²) in [7, 11) is -3.31. The van der Waals surface area contributed by atoms with E-state index >= 15 is 0 Å². The molecule has 0 spiro atoms. The average Bonchev–Trinajstić information content (AvgIpc) is 2.72. The van der Waals surface area contributed by atoms with E-state index in [1.807, 2.05) is 12.1 Å². The standard InChI is InChI=1S/C22H35N3O3S/c1-3-4-14-24-15-17-25(18-16-24)21(26)22(12-6-5-7-13-22)19-8-10-20(11-9-19)23-29(2,27)28/h8-11,23H,3-7,12-18H2,1-2H3. The molecular formula is C22H35N3O3S. The Bertz CT molecular complexity index is 778. The van der Waals surface area contributed by atoms with Crippen LogP contribution < -0.4 is 4.72 Å². The Morgan fingerprint density at radius 3 is 2.21 bits per heavy atom. The lowest BCUT2D eigenvalue weighted by Gasteiger charge is -2.43. The summed E-state index contributed by atoms with van der Waals surface area (Å²) < 4.78 is 25.5. The van der Waals surface area contributed by atoms with E-state index in [4.69, 9.17) is 0 Å². The van der Waals surface area contributed by atoms with Crippen LogP contribution in [0.2, 0.25) is 0 Å². The number of benzene rings is 1. The normalized spacial score (nSPS) is 20.4. The third kappa shape index (κ3) is 5.51. The van der Waals surface area contributed by atoms with Gasteiger partial charge >= 0.3 is 0 Å². The minimum Gasteiger partial charge on any atom is -0.339 e. The maximum Gasteiger partial charge on any atom is 0.233 e. The molecule has 162 valence electrons. The predicted octanol–water partition coefficient (Wildman–Crippen LogP) is 3.20. The Morgan fingerprint density at radius 1 is 1.03 bits per heavy atom. The molecule has 0 unspecified atom stereocenters. The molecule has 1 heterocycles. The second-order valence-corrected chi connectivity index (χ2v) is 10.3. The fourth-order valence-electron chi connectivity index (χ4n) is 4.71. The molecule has 1 amide bonds. The quantitative estimate of drug-likeness (QED) is 0.734. The first-order chi connectivity index (χ1) is 13.8. The van der Waals surface area contributed by atoms with Crippen LogP contribution in [0.25, 0.3) is 0 Å². The molecule has 1 aliphatic heterocycles. The molecular weight excluding hydrogens is 386 g/mol. The van der Waals surface area contributed by atoms with Gasteiger partial charge in [-0.2, -0.15) is 0 Å². The lowest BCUT2D eigenvalue weighted by Crippen LogP contribution is -2.55. The van der Waals surface area contributed by atoms with Crippen LogP contribution in [-0.4, -0.2) is 63.1 Å². The molecule has 1 aliphatic carbocycles. The summed E-state index contributed by atoms with van der Waals surface area (Å²) in [6.07, 6.45) is 8.61. The first-order valence-electron chi connectivity index (χ1n) is 10.9. The van der Waals surface area contributed by atoms with Crippen LogP contribution in [0.3, 0.4) is 0 Å². The van der Waals surface area contributed by atoms with Crippen molar-refractivity contribution in [3.05, 3.63) is 29.8 Å². The van der Waals surface area contributed by atoms with Crippen LogP contribution in [0.15, 0.2) is 24.3 Å². The van der Waals surface area contributed by atoms with Crippen LogP contribution in [0.5, 0.6) is 0 Å². The van der Waals surface area contributed by atoms with E-state index in [9.17, 15) is 13.2 Å². The van der Waals surface area contributed by atoms with Crippen molar-refractivity contribution in [1.82, 2.24) is 9.80 Å². The molecule has 2 aliphatic rings. The molecule has 29 heavy (non-hydrogen) atoms. The number of amides is 1. The molecule has 1 saturated carbocycles. The summed E-state index contributed by atoms with van der Waals surface area (Å²) in [5.74, 6) is 0.260. The highest BCUT2D eigenvalue weighted by Crippen LogP contribution is 2.41. The van der Waals surface area contributed by atoms with Gasteiger partial charge in [-0.15, -0.1) is 0 Å². The van der Waals surface area contributed by atoms with E-state index in [2.05, 4.69) is 21.4 Å². The molecule has 0 aromatic heterocycles. The molecule has 1 N–H and O–H groups in total. The lowest BCUT2D eigenvalue weighted by molar-refractivity contribution is -0.140. The van der Waals surface area contributed by atoms with Crippen molar-refractivity contribution in [3.8, 4) is 0 Å². The minimum atomic E-state index is -3.31. The summed E-state index contributed by atoms with van der Waals surface area (Å²) in [5.41, 5.74) is 1.10. The molecule has 0 radical (unpaired) electrons. The maximum absolute atomic E-state index is 13.7. The van der Waals surface area contributed by atoms with Gasteiger partial charge < -0.3 is 4.90 Å². The SMILES string of the molecule is CCCCN1CCN(C(=O)C2(c3ccc(NS(C)(=O)=O)cc3)CCCCC2)CC1. The molecule has 3 rings (SSSR count). The molecule has 1 aromatic rings. The highest BCUT2D eigenvalue weighted by molar-refractivity contribution is 7.92. The number of anilines is 1. The van der Waals surface area contributed by atoms with Gasteiger partial charge in [-0.25, -0.2) is 8.42 Å². The Labute approximate surface area is 175 Å². The van der Waals surface area contributed by atoms with Gasteiger partial charge in [-0.3, -0.25) is 14.4 Å². The predicted molar refractivity (Wildman–Crippen MR) is 118 cm³/mol. The second-order valence-electron chi connectivity index (χ2n) is 8.58. The molecule has 7 heteroatoms. The number of rotatable bonds is 7. The minimum absolute atomic E-state index is 0.260. The monoisotopic (exact) mass is 421 g/mol. The van der Waals surface area contributed by atoms with E-state index in [1.54, 1.807) is 12.1 Å². The number of nitrogens with zero attached hydrogens (tertiary/aromatic N) is 2. The number of carbonyl (C=O) groups is 1. The number of unbranched alkanes of at least 4 members (excludes halogenated alkanes) is 1. The molecule has 1 aromatic carbocycles. The maximum atomic E-state index is 13.7. The zero-order valence-electron chi connectivity index (χ0n) is 17.8. The zero-order valence-corrected chi connectivity index (χ0v) is 18.6. The van der Waals surface area contributed by atoms with Crippen molar-refractivity contribution in [3.63, 3.8) is 0 Å². The topological polar surface area (TPSA) is 69.7 Å². The molecule has 6 nitrogen and oxygen atoms in total. The van der Waals surface area contributed by atoms with E-state index < -0.39 is 15.4 Å². The number of carbonyl (C=O) groups excluding carboxylic acids is 1. The first kappa shape index (κ1) is 22.1. The van der Waals surface area contributed by atoms with Gasteiger partial charge in [0, 0.05) is 31.9 Å². The number of sulfonamides is 1. The van der Waals surface area contributed by atoms with Gasteiger partial charge in [0.25, 0.3) is 0 Å². The number of hydrogen-bond acceptors (Lipinski definition) is 4. The highest BCUT2D eigenvalue weighted by atomic mass is 32.2. The zero-order chi connectivity index (χ0) is 20.9. The van der Waals surface area contributed by atoms with Gasteiger partial charge in [0.05, 0.1) is 11.7 Å². The first-order valence-corrected chi connectivity index (χ1v) is 12.8. The van der Waals surface area contributed by atoms with Crippen molar-refractivity contribution in [2.75, 3.05) is 43.7 Å². The number of hydrogen-bond donors (Lipinski definition) is 1. The van der Waals surface area contributed by atoms with E-state index in [-0.39, 0.29) is 5.91 Å². The second kappa shape index (κ2) is 9.47. The van der Waals surface area contributed by atoms with Crippen molar-refractivity contribution in [1.29, 1.82) is 0 Å². The van der Waals surface area contributed by atoms with Crippen LogP contribution in [0.4, 0.5) is 5.69 Å². The molecule has 1 saturated heterocycles. The van der Waals surface area contributed by atoms with Crippen molar-refractivity contribution in [2.45, 2.75) is 57.3 Å². The Kier molecular flexibility index (Phi) is 7.22. The van der Waals surface area contributed by atoms with E-state index in [1.165, 1.54) is 19.3 Å². The number of piperazine rings is 1. The van der Waals surface area contributed by atoms with Crippen LogP contribution in [0.1, 0.15) is 57.4 Å². The Balaban J connectivity index is 1.76. The van der Waals surface area contributed by atoms with Crippen molar-refractivity contribution < 1.29 is 13.2 Å². The lowest BCUT2D eigenvalue weighted by atomic mass is 9.68. The van der Waals surface area contributed by atoms with Gasteiger partial charge in [-0.05, 0) is 43.5 Å². The van der Waals surface area contributed by atoms with Crippen molar-refractivity contribution >= 4 is 21.6 Å². The number of nitrogens with one attached hydrogen (secondary N) is 1. The molecule has 0 bridgehead atoms. The summed E-state index contributed by atoms with van der Waals surface area (Å²) >= 11 is 0. The van der Waals surface area contributed by atoms with Gasteiger partial charge in [0.1, 0.15) is 0 Å². The van der Waals surface area contributed by atoms with E-state index in [0.29, 0.717) is 5.69 Å². The summed E-state index contributed by atoms with van der Waals surface area (Å²) in [4.78, 5) is 18.2. The summed E-state index contributed by atoms with van der Waals surface area (Å²) in [5, 5.41) is 0. The Morgan fingerprint density at radius 2 is 1.66 bits per heavy atom. The smallest absolute Gasteiger partial charge is 0.233 e. The molecule has 2 fully saturated rings. The average molecular weight is 422 g/mol. The summed E-state index contributed by atoms with van der Waals surface area (Å²) in [6.45, 7) is 6.86. The third-order valence-corrected chi connectivity index (χ3v) is 6.95. The van der Waals surface area contributed by atoms with Gasteiger partial charge in [0.15, 0.2) is 0 Å². The van der Waals surface area contributed by atoms with Gasteiger partial charge in [-0.1, -0.05) is 44.7 Å². The largest absolute Gasteiger partial charge is 0.339 e. The fraction of sp³-hybridized carbons (Fsp3) is 0.682. The fourth-order valence-corrected chi connectivity index (χ4v) is 5.28. The van der Waals surface area contributed by atoms with Crippen LogP contribution in [0, 0.1) is 0 Å². The summed E-state index contributed by atoms with van der Waals surface area (Å²) in [6, 6.07) is 7.44.